The number of terminal acetylenes is 1. The van der Waals surface area contributed by atoms with Gasteiger partial charge in [-0.2, -0.15) is 0 Å². The molecule has 0 heterocycles. The molecular formula is C28H24BrClO3. The second kappa shape index (κ2) is 11.8. The van der Waals surface area contributed by atoms with Crippen molar-refractivity contribution >= 4 is 39.3 Å². The van der Waals surface area contributed by atoms with E-state index in [1.807, 2.05) is 67.6 Å². The molecule has 3 rings (SSSR count). The summed E-state index contributed by atoms with van der Waals surface area (Å²) in [6.07, 6.45) is 5.58. The Morgan fingerprint density at radius 2 is 1.45 bits per heavy atom. The maximum Gasteiger partial charge on any atom is 0.307 e. The van der Waals surface area contributed by atoms with Gasteiger partial charge in [-0.05, 0) is 48.2 Å². The SMILES string of the molecule is C#CCOC(=O)C[C@@H](c1ccc(Br)cc1)[C@@H](CC(=O)c1ccc(C)cc1)c1ccc(Cl)cc1. The van der Waals surface area contributed by atoms with Gasteiger partial charge in [0.2, 0.25) is 0 Å². The number of carbonyl (C=O) groups is 2. The Hall–Kier alpha value is -2.87. The van der Waals surface area contributed by atoms with Crippen LogP contribution in [0.2, 0.25) is 5.02 Å². The highest BCUT2D eigenvalue weighted by Crippen LogP contribution is 2.40. The van der Waals surface area contributed by atoms with Crippen LogP contribution >= 0.6 is 27.5 Å². The van der Waals surface area contributed by atoms with Gasteiger partial charge in [0.15, 0.2) is 12.4 Å². The van der Waals surface area contributed by atoms with Crippen LogP contribution in [0.25, 0.3) is 0 Å². The molecule has 0 bridgehead atoms. The van der Waals surface area contributed by atoms with Crippen molar-refractivity contribution < 1.29 is 14.3 Å². The highest BCUT2D eigenvalue weighted by Gasteiger charge is 2.30. The molecule has 33 heavy (non-hydrogen) atoms. The van der Waals surface area contributed by atoms with Crippen LogP contribution in [0.5, 0.6) is 0 Å². The summed E-state index contributed by atoms with van der Waals surface area (Å²) in [7, 11) is 0. The molecule has 0 aliphatic heterocycles. The first-order valence-electron chi connectivity index (χ1n) is 10.6. The lowest BCUT2D eigenvalue weighted by molar-refractivity contribution is -0.142. The molecule has 2 atom stereocenters. The Balaban J connectivity index is 2.01. The smallest absolute Gasteiger partial charge is 0.307 e. The molecule has 5 heteroatoms. The number of benzene rings is 3. The van der Waals surface area contributed by atoms with Crippen molar-refractivity contribution in [3.63, 3.8) is 0 Å². The van der Waals surface area contributed by atoms with E-state index >= 15 is 0 Å². The fourth-order valence-corrected chi connectivity index (χ4v) is 4.21. The lowest BCUT2D eigenvalue weighted by Crippen LogP contribution is -2.20. The largest absolute Gasteiger partial charge is 0.452 e. The molecule has 0 aliphatic rings. The van der Waals surface area contributed by atoms with Gasteiger partial charge >= 0.3 is 5.97 Å². The van der Waals surface area contributed by atoms with Gasteiger partial charge in [0.25, 0.3) is 0 Å². The number of ketones is 1. The number of rotatable bonds is 9. The van der Waals surface area contributed by atoms with Crippen LogP contribution in [0.3, 0.4) is 0 Å². The highest BCUT2D eigenvalue weighted by molar-refractivity contribution is 9.10. The van der Waals surface area contributed by atoms with Gasteiger partial charge < -0.3 is 4.74 Å². The zero-order valence-electron chi connectivity index (χ0n) is 18.3. The number of hydrogen-bond donors (Lipinski definition) is 0. The Morgan fingerprint density at radius 3 is 2.03 bits per heavy atom. The number of carbonyl (C=O) groups excluding carboxylic acids is 2. The van der Waals surface area contributed by atoms with E-state index < -0.39 is 5.97 Å². The lowest BCUT2D eigenvalue weighted by atomic mass is 9.76. The summed E-state index contributed by atoms with van der Waals surface area (Å²) in [5.74, 6) is 1.37. The second-order valence-electron chi connectivity index (χ2n) is 7.88. The molecule has 3 nitrogen and oxygen atoms in total. The first-order chi connectivity index (χ1) is 15.9. The van der Waals surface area contributed by atoms with Crippen molar-refractivity contribution in [3.8, 4) is 12.3 Å². The van der Waals surface area contributed by atoms with Crippen LogP contribution in [-0.4, -0.2) is 18.4 Å². The number of aryl methyl sites for hydroxylation is 1. The molecule has 3 aromatic carbocycles. The van der Waals surface area contributed by atoms with Gasteiger partial charge in [-0.1, -0.05) is 87.5 Å². The number of Topliss-reactive ketones (excluding diaryl/α,β-unsaturated/α-hetero) is 1. The summed E-state index contributed by atoms with van der Waals surface area (Å²) in [4.78, 5) is 25.9. The molecule has 0 aromatic heterocycles. The monoisotopic (exact) mass is 522 g/mol. The average Bonchev–Trinajstić information content (AvgIpc) is 2.81. The molecule has 0 N–H and O–H groups in total. The van der Waals surface area contributed by atoms with Gasteiger partial charge in [-0.3, -0.25) is 9.59 Å². The van der Waals surface area contributed by atoms with Crippen LogP contribution in [0.15, 0.2) is 77.3 Å². The fourth-order valence-electron chi connectivity index (χ4n) is 3.82. The maximum absolute atomic E-state index is 13.3. The Kier molecular flexibility index (Phi) is 8.88. The molecule has 0 saturated heterocycles. The Morgan fingerprint density at radius 1 is 0.909 bits per heavy atom. The average molecular weight is 524 g/mol. The zero-order valence-corrected chi connectivity index (χ0v) is 20.6. The molecule has 0 fully saturated rings. The third-order valence-electron chi connectivity index (χ3n) is 5.56. The van der Waals surface area contributed by atoms with Crippen molar-refractivity contribution in [3.05, 3.63) is 105 Å². The minimum atomic E-state index is -0.400. The van der Waals surface area contributed by atoms with Crippen LogP contribution in [0, 0.1) is 19.3 Å². The Bertz CT molecular complexity index is 1130. The van der Waals surface area contributed by atoms with E-state index in [0.717, 1.165) is 21.2 Å². The van der Waals surface area contributed by atoms with Gasteiger partial charge in [0.1, 0.15) is 0 Å². The van der Waals surface area contributed by atoms with Gasteiger partial charge in [-0.25, -0.2) is 0 Å². The summed E-state index contributed by atoms with van der Waals surface area (Å²) in [6, 6.07) is 22.7. The summed E-state index contributed by atoms with van der Waals surface area (Å²) < 4.78 is 6.11. The predicted octanol–water partition coefficient (Wildman–Crippen LogP) is 7.12. The number of halogens is 2. The van der Waals surface area contributed by atoms with E-state index in [-0.39, 0.29) is 37.1 Å². The van der Waals surface area contributed by atoms with E-state index in [9.17, 15) is 9.59 Å². The predicted molar refractivity (Wildman–Crippen MR) is 136 cm³/mol. The summed E-state index contributed by atoms with van der Waals surface area (Å²) in [5, 5.41) is 0.607. The molecule has 0 unspecified atom stereocenters. The van der Waals surface area contributed by atoms with Gasteiger partial charge in [-0.15, -0.1) is 6.42 Å². The first kappa shape index (κ1) is 24.8. The van der Waals surface area contributed by atoms with Gasteiger partial charge in [0.05, 0.1) is 6.42 Å². The van der Waals surface area contributed by atoms with E-state index in [1.54, 1.807) is 12.1 Å². The highest BCUT2D eigenvalue weighted by atomic mass is 79.9. The van der Waals surface area contributed by atoms with Crippen molar-refractivity contribution in [2.45, 2.75) is 31.6 Å². The molecule has 0 amide bonds. The molecule has 3 aromatic rings. The molecule has 0 saturated carbocycles. The fraction of sp³-hybridized carbons (Fsp3) is 0.214. The van der Waals surface area contributed by atoms with Crippen molar-refractivity contribution in [1.82, 2.24) is 0 Å². The van der Waals surface area contributed by atoms with Crippen molar-refractivity contribution in [2.75, 3.05) is 6.61 Å². The third-order valence-corrected chi connectivity index (χ3v) is 6.34. The number of hydrogen-bond acceptors (Lipinski definition) is 3. The van der Waals surface area contributed by atoms with Crippen LogP contribution in [0.1, 0.15) is 51.7 Å². The van der Waals surface area contributed by atoms with Crippen LogP contribution in [0.4, 0.5) is 0 Å². The zero-order chi connectivity index (χ0) is 23.8. The normalized spacial score (nSPS) is 12.4. The Labute approximate surface area is 208 Å². The van der Waals surface area contributed by atoms with Crippen LogP contribution < -0.4 is 0 Å². The molecular weight excluding hydrogens is 500 g/mol. The van der Waals surface area contributed by atoms with E-state index in [0.29, 0.717) is 10.6 Å². The number of esters is 1. The second-order valence-corrected chi connectivity index (χ2v) is 9.23. The molecule has 0 spiro atoms. The van der Waals surface area contributed by atoms with E-state index in [1.165, 1.54) is 0 Å². The number of ether oxygens (including phenoxy) is 1. The van der Waals surface area contributed by atoms with Crippen molar-refractivity contribution in [1.29, 1.82) is 0 Å². The minimum absolute atomic E-state index is 0.00838. The van der Waals surface area contributed by atoms with E-state index in [4.69, 9.17) is 22.8 Å². The summed E-state index contributed by atoms with van der Waals surface area (Å²) >= 11 is 9.59. The molecule has 168 valence electrons. The maximum atomic E-state index is 13.3. The minimum Gasteiger partial charge on any atom is -0.452 e. The van der Waals surface area contributed by atoms with Gasteiger partial charge in [0, 0.05) is 27.4 Å². The summed E-state index contributed by atoms with van der Waals surface area (Å²) in [5.41, 5.74) is 3.60. The third kappa shape index (κ3) is 7.05. The lowest BCUT2D eigenvalue weighted by Gasteiger charge is -2.27. The quantitative estimate of drug-likeness (QED) is 0.170. The summed E-state index contributed by atoms with van der Waals surface area (Å²) in [6.45, 7) is 1.90. The van der Waals surface area contributed by atoms with Crippen LogP contribution in [-0.2, 0) is 9.53 Å². The van der Waals surface area contributed by atoms with Crippen molar-refractivity contribution in [2.24, 2.45) is 0 Å². The topological polar surface area (TPSA) is 43.4 Å². The molecule has 0 aliphatic carbocycles. The molecule has 0 radical (unpaired) electrons. The first-order valence-corrected chi connectivity index (χ1v) is 11.7. The standard InChI is InChI=1S/C28H24BrClO3/c1-3-16-33-28(32)18-26(20-8-12-23(29)13-9-20)25(21-10-14-24(30)15-11-21)17-27(31)22-6-4-19(2)5-7-22/h1,4-15,25-26H,16-18H2,2H3/t25-,26-/m0/s1. The van der Waals surface area contributed by atoms with E-state index in [2.05, 4.69) is 21.9 Å².